The molecule has 0 N–H and O–H groups in total. The summed E-state index contributed by atoms with van der Waals surface area (Å²) in [6.45, 7) is 2.00. The minimum atomic E-state index is -0.750. The van der Waals surface area contributed by atoms with Gasteiger partial charge in [-0.25, -0.2) is 0 Å². The zero-order valence-electron chi connectivity index (χ0n) is 4.34. The van der Waals surface area contributed by atoms with Gasteiger partial charge >= 0.3 is 59.1 Å². The maximum absolute atomic E-state index is 8.29. The molecule has 0 radical (unpaired) electrons. The van der Waals surface area contributed by atoms with Crippen LogP contribution in [0, 0.1) is 0 Å². The summed E-state index contributed by atoms with van der Waals surface area (Å²) >= 11 is -0.750. The fourth-order valence-electron chi connectivity index (χ4n) is 0. The molecule has 0 aliphatic heterocycles. The molecule has 0 rings (SSSR count). The summed E-state index contributed by atoms with van der Waals surface area (Å²) in [5, 5.41) is 0. The molecular weight excluding hydrogens is 138 g/mol. The zero-order chi connectivity index (χ0) is 4.71. The van der Waals surface area contributed by atoms with E-state index in [2.05, 4.69) is 0 Å². The van der Waals surface area contributed by atoms with Crippen LogP contribution in [0.5, 0.6) is 0 Å². The fourth-order valence-corrected chi connectivity index (χ4v) is 0. The van der Waals surface area contributed by atoms with E-state index in [1.165, 1.54) is 0 Å². The van der Waals surface area contributed by atoms with Gasteiger partial charge < -0.3 is 26.2 Å². The summed E-state index contributed by atoms with van der Waals surface area (Å²) in [7, 11) is 0. The molecule has 0 atom stereocenters. The zero-order valence-corrected chi connectivity index (χ0v) is 9.16. The first kappa shape index (κ1) is 23.1. The van der Waals surface area contributed by atoms with E-state index in [1.54, 1.807) is 0 Å². The van der Waals surface area contributed by atoms with Gasteiger partial charge in [-0.05, 0) is 0 Å². The summed E-state index contributed by atoms with van der Waals surface area (Å²) < 4.78 is 16.6. The molecule has 7 heavy (non-hydrogen) atoms. The normalized spacial score (nSPS) is 3.14. The molecule has 0 aromatic rings. The van der Waals surface area contributed by atoms with Crippen LogP contribution in [-0.4, -0.2) is 15.9 Å². The largest absolute Gasteiger partial charge is 1.00 e. The molecule has 0 amide bonds. The summed E-state index contributed by atoms with van der Waals surface area (Å²) in [5.74, 6) is 0. The molecule has 6 heteroatoms. The van der Waals surface area contributed by atoms with Gasteiger partial charge in [0.25, 0.3) is 0 Å². The predicted octanol–water partition coefficient (Wildman–Crippen LogP) is -5.95. The summed E-state index contributed by atoms with van der Waals surface area (Å²) in [6, 6.07) is 0. The molecule has 0 heterocycles. The number of carbonyl (C=O) groups excluding carboxylic acids is 1. The quantitative estimate of drug-likeness (QED) is 0.249. The van der Waals surface area contributed by atoms with E-state index in [9.17, 15) is 0 Å². The minimum Gasteiger partial charge on any atom is -0.811 e. The van der Waals surface area contributed by atoms with Crippen LogP contribution >= 0.6 is 12.3 Å². The minimum absolute atomic E-state index is 0. The maximum atomic E-state index is 8.29. The van der Waals surface area contributed by atoms with E-state index in [1.807, 2.05) is 6.79 Å². The number of rotatable bonds is 0. The molecule has 0 aliphatic carbocycles. The van der Waals surface area contributed by atoms with Gasteiger partial charge in [-0.1, -0.05) is 0 Å². The number of hydrogen-bond acceptors (Lipinski definition) is 4. The second-order valence-corrected chi connectivity index (χ2v) is 0.204. The third-order valence-electron chi connectivity index (χ3n) is 0. The van der Waals surface area contributed by atoms with Crippen molar-refractivity contribution in [2.24, 2.45) is 0 Å². The third kappa shape index (κ3) is 74.4. The Labute approximate surface area is 92.3 Å². The maximum Gasteiger partial charge on any atom is 1.00 e. The molecule has 34 valence electrons. The molecule has 0 aliphatic rings. The number of carbonyl (C=O) groups is 1. The molecule has 0 unspecified atom stereocenters. The molecule has 0 bridgehead atoms. The second kappa shape index (κ2) is 44.2. The smallest absolute Gasteiger partial charge is 0.811 e. The Kier molecular flexibility index (Phi) is 146. The van der Waals surface area contributed by atoms with E-state index < -0.39 is 12.3 Å². The Morgan fingerprint density at radius 3 is 1.29 bits per heavy atom. The van der Waals surface area contributed by atoms with Crippen molar-refractivity contribution in [2.75, 3.05) is 0 Å². The molecule has 0 aromatic heterocycles. The Balaban J connectivity index is -0.00000000567. The van der Waals surface area contributed by atoms with Crippen molar-refractivity contribution in [2.45, 2.75) is 0 Å². The molecule has 3 nitrogen and oxygen atoms in total. The summed E-state index contributed by atoms with van der Waals surface area (Å²) in [6.07, 6.45) is 0. The number of hydrogen-bond donors (Lipinski definition) is 0. The van der Waals surface area contributed by atoms with Crippen molar-refractivity contribution in [3.63, 3.8) is 0 Å². The Hall–Kier alpha value is 1.94. The molecular formula is CH4Na2O3S. The Morgan fingerprint density at radius 1 is 1.29 bits per heavy atom. The van der Waals surface area contributed by atoms with E-state index in [0.717, 1.165) is 0 Å². The van der Waals surface area contributed by atoms with Crippen LogP contribution in [0.25, 0.3) is 0 Å². The first-order valence-electron chi connectivity index (χ1n) is 0.622. The standard InChI is InChI=1S/CH2O.2Na.H2O2S.H2/c1-2;;;1-3-2;/h1H2;;;1-2H;1H/q;2*+1;;/p-2. The van der Waals surface area contributed by atoms with Crippen molar-refractivity contribution < 1.29 is 74.4 Å². The van der Waals surface area contributed by atoms with Crippen LogP contribution in [-0.2, 0) is 4.79 Å². The predicted molar refractivity (Wildman–Crippen MR) is 18.4 cm³/mol. The third-order valence-corrected chi connectivity index (χ3v) is 0. The van der Waals surface area contributed by atoms with Crippen LogP contribution in [0.2, 0.25) is 0 Å². The average Bonchev–Trinajstić information content (AvgIpc) is 1.46. The SMILES string of the molecule is C=O.[HH].[Na+].[Na+].[O-]S[O-]. The first-order chi connectivity index (χ1) is 2.41. The summed E-state index contributed by atoms with van der Waals surface area (Å²) in [5.41, 5.74) is 0. The van der Waals surface area contributed by atoms with Crippen molar-refractivity contribution in [1.82, 2.24) is 0 Å². The van der Waals surface area contributed by atoms with Crippen LogP contribution in [0.1, 0.15) is 1.43 Å². The van der Waals surface area contributed by atoms with Crippen LogP contribution in [0.15, 0.2) is 0 Å². The molecule has 0 aromatic carbocycles. The van der Waals surface area contributed by atoms with Crippen molar-refractivity contribution in [1.29, 1.82) is 0 Å². The average molecular weight is 142 g/mol. The van der Waals surface area contributed by atoms with Gasteiger partial charge in [0, 0.05) is 1.43 Å². The Bertz CT molecular complexity index is 21.2. The second-order valence-electron chi connectivity index (χ2n) is 0.0680. The van der Waals surface area contributed by atoms with Crippen molar-refractivity contribution in [3.05, 3.63) is 0 Å². The van der Waals surface area contributed by atoms with Gasteiger partial charge in [-0.2, -0.15) is 0 Å². The van der Waals surface area contributed by atoms with Gasteiger partial charge in [0.2, 0.25) is 0 Å². The van der Waals surface area contributed by atoms with Gasteiger partial charge in [0.1, 0.15) is 6.79 Å². The van der Waals surface area contributed by atoms with E-state index in [-0.39, 0.29) is 60.5 Å². The Morgan fingerprint density at radius 2 is 1.29 bits per heavy atom. The first-order valence-corrected chi connectivity index (χ1v) is 1.29. The monoisotopic (exact) mass is 142 g/mol. The fraction of sp³-hybridized carbons (Fsp3) is 0. The van der Waals surface area contributed by atoms with Crippen LogP contribution in [0.4, 0.5) is 0 Å². The molecule has 0 fully saturated rings. The van der Waals surface area contributed by atoms with Crippen molar-refractivity contribution >= 4 is 19.1 Å². The summed E-state index contributed by atoms with van der Waals surface area (Å²) in [4.78, 5) is 8.00. The van der Waals surface area contributed by atoms with E-state index in [4.69, 9.17) is 13.9 Å². The molecule has 0 spiro atoms. The van der Waals surface area contributed by atoms with Gasteiger partial charge in [0.05, 0.1) is 0 Å². The molecule has 0 saturated carbocycles. The van der Waals surface area contributed by atoms with E-state index >= 15 is 0 Å². The topological polar surface area (TPSA) is 63.2 Å². The molecule has 0 saturated heterocycles. The van der Waals surface area contributed by atoms with Gasteiger partial charge in [-0.3, -0.25) is 0 Å². The van der Waals surface area contributed by atoms with E-state index in [0.29, 0.717) is 0 Å². The van der Waals surface area contributed by atoms with Crippen LogP contribution < -0.4 is 59.1 Å². The van der Waals surface area contributed by atoms with Gasteiger partial charge in [-0.15, -0.1) is 0 Å². The van der Waals surface area contributed by atoms with Crippen LogP contribution in [0.3, 0.4) is 0 Å². The van der Waals surface area contributed by atoms with Crippen molar-refractivity contribution in [3.8, 4) is 0 Å². The van der Waals surface area contributed by atoms with Gasteiger partial charge in [0.15, 0.2) is 0 Å².